The van der Waals surface area contributed by atoms with Gasteiger partial charge in [-0.1, -0.05) is 0 Å². The van der Waals surface area contributed by atoms with Crippen molar-refractivity contribution in [1.82, 2.24) is 20.4 Å². The molecule has 26 heavy (non-hydrogen) atoms. The molecule has 2 amide bonds. The molecule has 0 fully saturated rings. The first kappa shape index (κ1) is 17.9. The van der Waals surface area contributed by atoms with Crippen LogP contribution in [0.15, 0.2) is 24.5 Å². The van der Waals surface area contributed by atoms with Crippen LogP contribution in [-0.4, -0.2) is 48.0 Å². The van der Waals surface area contributed by atoms with Gasteiger partial charge in [0.15, 0.2) is 0 Å². The van der Waals surface area contributed by atoms with Crippen LogP contribution in [0.1, 0.15) is 31.8 Å². The van der Waals surface area contributed by atoms with Crippen LogP contribution in [0, 0.1) is 0 Å². The summed E-state index contributed by atoms with van der Waals surface area (Å²) >= 11 is 0. The summed E-state index contributed by atoms with van der Waals surface area (Å²) < 4.78 is 20.2. The Bertz CT molecular complexity index is 834. The van der Waals surface area contributed by atoms with E-state index in [1.54, 1.807) is 16.9 Å². The number of aryl methyl sites for hydroxylation is 1. The van der Waals surface area contributed by atoms with Gasteiger partial charge in [0.1, 0.15) is 18.5 Å². The van der Waals surface area contributed by atoms with Crippen molar-refractivity contribution in [2.75, 3.05) is 20.3 Å². The maximum atomic E-state index is 13.0. The maximum Gasteiger partial charge on any atom is 0.254 e. The molecule has 7 nitrogen and oxygen atoms in total. The minimum Gasteiger partial charge on any atom is -0.486 e. The second kappa shape index (κ2) is 7.55. The van der Waals surface area contributed by atoms with Gasteiger partial charge in [-0.2, -0.15) is 5.10 Å². The number of nitrogens with one attached hydrogen (secondary N) is 2. The molecule has 1 aromatic carbocycles. The molecule has 2 N–H and O–H groups in total. The van der Waals surface area contributed by atoms with Crippen molar-refractivity contribution in [2.45, 2.75) is 18.9 Å². The molecule has 0 bridgehead atoms. The monoisotopic (exact) mass is 360 g/mol. The summed E-state index contributed by atoms with van der Waals surface area (Å²) in [6.45, 7) is -0.199. The van der Waals surface area contributed by atoms with E-state index in [1.165, 1.54) is 13.1 Å². The number of carbonyl (C=O) groups excluding carboxylic acids is 2. The van der Waals surface area contributed by atoms with Crippen molar-refractivity contribution < 1.29 is 18.7 Å². The highest BCUT2D eigenvalue weighted by Gasteiger charge is 2.29. The van der Waals surface area contributed by atoms with E-state index in [1.807, 2.05) is 13.2 Å². The van der Waals surface area contributed by atoms with Gasteiger partial charge in [-0.05, 0) is 29.7 Å². The van der Waals surface area contributed by atoms with Crippen molar-refractivity contribution in [3.63, 3.8) is 0 Å². The van der Waals surface area contributed by atoms with Crippen LogP contribution in [0.5, 0.6) is 5.75 Å². The molecule has 1 aliphatic rings. The van der Waals surface area contributed by atoms with Crippen LogP contribution in [-0.2, 0) is 19.9 Å². The Hall–Kier alpha value is -2.90. The number of benzene rings is 1. The van der Waals surface area contributed by atoms with Crippen LogP contribution in [0.4, 0.5) is 4.39 Å². The fraction of sp³-hybridized carbons (Fsp3) is 0.389. The van der Waals surface area contributed by atoms with Crippen LogP contribution in [0.2, 0.25) is 0 Å². The summed E-state index contributed by atoms with van der Waals surface area (Å²) in [4.78, 5) is 24.6. The Morgan fingerprint density at radius 3 is 2.85 bits per heavy atom. The third-order valence-corrected chi connectivity index (χ3v) is 4.26. The lowest BCUT2D eigenvalue weighted by Crippen LogP contribution is -2.26. The normalized spacial score (nSPS) is 15.3. The zero-order valence-corrected chi connectivity index (χ0v) is 14.7. The van der Waals surface area contributed by atoms with E-state index in [4.69, 9.17) is 4.74 Å². The van der Waals surface area contributed by atoms with Crippen molar-refractivity contribution in [1.29, 1.82) is 0 Å². The molecule has 0 radical (unpaired) electrons. The zero-order valence-electron chi connectivity index (χ0n) is 14.7. The van der Waals surface area contributed by atoms with Gasteiger partial charge in [0.05, 0.1) is 11.8 Å². The highest BCUT2D eigenvalue weighted by Crippen LogP contribution is 2.34. The number of rotatable bonds is 6. The summed E-state index contributed by atoms with van der Waals surface area (Å²) in [5.74, 6) is -0.296. The second-order valence-electron chi connectivity index (χ2n) is 6.22. The molecular weight excluding hydrogens is 339 g/mol. The first-order chi connectivity index (χ1) is 12.5. The molecular formula is C18H21FN4O3. The quantitative estimate of drug-likeness (QED) is 0.806. The van der Waals surface area contributed by atoms with Crippen molar-refractivity contribution in [2.24, 2.45) is 7.05 Å². The molecule has 8 heteroatoms. The maximum absolute atomic E-state index is 13.0. The molecule has 0 aliphatic carbocycles. The fourth-order valence-corrected chi connectivity index (χ4v) is 2.98. The molecule has 1 unspecified atom stereocenters. The van der Waals surface area contributed by atoms with Gasteiger partial charge in [0, 0.05) is 38.8 Å². The Kier molecular flexibility index (Phi) is 5.20. The first-order valence-corrected chi connectivity index (χ1v) is 8.39. The number of alkyl halides is 1. The van der Waals surface area contributed by atoms with Gasteiger partial charge in [0.25, 0.3) is 11.8 Å². The third kappa shape index (κ3) is 3.68. The van der Waals surface area contributed by atoms with E-state index in [0.29, 0.717) is 36.3 Å². The highest BCUT2D eigenvalue weighted by atomic mass is 19.1. The van der Waals surface area contributed by atoms with E-state index in [-0.39, 0.29) is 17.4 Å². The third-order valence-electron chi connectivity index (χ3n) is 4.26. The largest absolute Gasteiger partial charge is 0.486 e. The molecule has 3 rings (SSSR count). The van der Waals surface area contributed by atoms with Crippen molar-refractivity contribution >= 4 is 11.8 Å². The molecule has 2 heterocycles. The average molecular weight is 360 g/mol. The predicted molar refractivity (Wildman–Crippen MR) is 93.2 cm³/mol. The number of aromatic nitrogens is 2. The number of amides is 2. The fourth-order valence-electron chi connectivity index (χ4n) is 2.98. The average Bonchev–Trinajstić information content (AvgIpc) is 3.25. The summed E-state index contributed by atoms with van der Waals surface area (Å²) in [5, 5.41) is 9.44. The minimum absolute atomic E-state index is 0.248. The van der Waals surface area contributed by atoms with Gasteiger partial charge in [-0.3, -0.25) is 14.3 Å². The van der Waals surface area contributed by atoms with E-state index in [9.17, 15) is 14.0 Å². The summed E-state index contributed by atoms with van der Waals surface area (Å²) in [7, 11) is 3.33. The first-order valence-electron chi connectivity index (χ1n) is 8.39. The number of nitrogens with zero attached hydrogens (tertiary/aromatic N) is 2. The van der Waals surface area contributed by atoms with Crippen molar-refractivity contribution in [3.05, 3.63) is 46.8 Å². The van der Waals surface area contributed by atoms with Gasteiger partial charge >= 0.3 is 0 Å². The molecule has 1 aliphatic heterocycles. The lowest BCUT2D eigenvalue weighted by molar-refractivity contribution is 0.0954. The van der Waals surface area contributed by atoms with E-state index >= 15 is 0 Å². The Labute approximate surface area is 150 Å². The number of fused-ring (bicyclic) bond motifs is 1. The Morgan fingerprint density at radius 1 is 1.38 bits per heavy atom. The Morgan fingerprint density at radius 2 is 2.19 bits per heavy atom. The number of hydrogen-bond donors (Lipinski definition) is 2. The Balaban J connectivity index is 1.74. The molecule has 2 aromatic rings. The van der Waals surface area contributed by atoms with E-state index < -0.39 is 12.8 Å². The van der Waals surface area contributed by atoms with E-state index in [2.05, 4.69) is 15.7 Å². The number of hydrogen-bond acceptors (Lipinski definition) is 4. The summed E-state index contributed by atoms with van der Waals surface area (Å²) in [6, 6.07) is 3.15. The standard InChI is InChI=1S/C18H21FN4O3/c1-20-18(25)15-7-13(5-12-6-14(8-19)26-16(12)15)17(24)21-4-3-11-9-22-23(2)10-11/h5,7,9-10,14H,3-4,6,8H2,1-2H3,(H,20,25)(H,21,24). The second-order valence-corrected chi connectivity index (χ2v) is 6.22. The van der Waals surface area contributed by atoms with Crippen LogP contribution in [0.3, 0.4) is 0 Å². The van der Waals surface area contributed by atoms with Crippen molar-refractivity contribution in [3.8, 4) is 5.75 Å². The summed E-state index contributed by atoms with van der Waals surface area (Å²) in [5.41, 5.74) is 2.30. The molecule has 0 spiro atoms. The number of halogens is 1. The molecule has 1 atom stereocenters. The SMILES string of the molecule is CNC(=O)c1cc(C(=O)NCCc2cnn(C)c2)cc2c1OC(CF)C2. The number of carbonyl (C=O) groups is 2. The topological polar surface area (TPSA) is 85.3 Å². The molecule has 0 saturated heterocycles. The lowest BCUT2D eigenvalue weighted by atomic mass is 10.0. The van der Waals surface area contributed by atoms with Gasteiger partial charge in [-0.15, -0.1) is 0 Å². The minimum atomic E-state index is -0.644. The number of ether oxygens (including phenoxy) is 1. The molecule has 0 saturated carbocycles. The van der Waals surface area contributed by atoms with Gasteiger partial charge < -0.3 is 15.4 Å². The molecule has 138 valence electrons. The predicted octanol–water partition coefficient (Wildman–Crippen LogP) is 1.03. The lowest BCUT2D eigenvalue weighted by Gasteiger charge is -2.11. The van der Waals surface area contributed by atoms with Crippen LogP contribution < -0.4 is 15.4 Å². The van der Waals surface area contributed by atoms with Crippen LogP contribution >= 0.6 is 0 Å². The van der Waals surface area contributed by atoms with Gasteiger partial charge in [0.2, 0.25) is 0 Å². The highest BCUT2D eigenvalue weighted by molar-refractivity contribution is 6.02. The van der Waals surface area contributed by atoms with E-state index in [0.717, 1.165) is 5.56 Å². The molecule has 1 aromatic heterocycles. The zero-order chi connectivity index (χ0) is 18.7. The smallest absolute Gasteiger partial charge is 0.254 e. The van der Waals surface area contributed by atoms with Gasteiger partial charge in [-0.25, -0.2) is 4.39 Å². The van der Waals surface area contributed by atoms with Crippen LogP contribution in [0.25, 0.3) is 0 Å². The summed E-state index contributed by atoms with van der Waals surface area (Å²) in [6.07, 6.45) is 4.02.